The molecule has 2 aromatic carbocycles. The molecular weight excluding hydrogens is 558 g/mol. The first kappa shape index (κ1) is 30.3. The molecule has 10 heteroatoms. The van der Waals surface area contributed by atoms with Crippen LogP contribution in [-0.4, -0.2) is 40.1 Å². The molecule has 0 unspecified atom stereocenters. The standard InChI is InChI=1S/C32H39F3N5OP/c1-4-16-42(17-5-2)23-13-9-12-22(18-23)37-31-36-19-26(32(33,34)35)29(39-31)38-27-15-14-24(21-10-7-6-8-11-21)25-20-40(3)30(41)28(25)27/h9,12-15,18-19,21H,4-8,10-11,16-17,20H2,1-3H3,(H2,36,37,38,39). The average Bonchev–Trinajstić information content (AvgIpc) is 3.27. The van der Waals surface area contributed by atoms with Crippen LogP contribution in [-0.2, 0) is 12.7 Å². The highest BCUT2D eigenvalue weighted by Crippen LogP contribution is 2.42. The first-order chi connectivity index (χ1) is 20.2. The van der Waals surface area contributed by atoms with Crippen molar-refractivity contribution in [2.24, 2.45) is 0 Å². The molecule has 2 aliphatic rings. The normalized spacial score (nSPS) is 15.8. The molecule has 224 valence electrons. The van der Waals surface area contributed by atoms with E-state index in [0.29, 0.717) is 23.7 Å². The predicted octanol–water partition coefficient (Wildman–Crippen LogP) is 8.54. The van der Waals surface area contributed by atoms with Crippen molar-refractivity contribution < 1.29 is 18.0 Å². The predicted molar refractivity (Wildman–Crippen MR) is 165 cm³/mol. The van der Waals surface area contributed by atoms with E-state index in [2.05, 4.69) is 46.6 Å². The lowest BCUT2D eigenvalue weighted by atomic mass is 9.81. The van der Waals surface area contributed by atoms with E-state index in [1.54, 1.807) is 18.0 Å². The number of aromatic nitrogens is 2. The summed E-state index contributed by atoms with van der Waals surface area (Å²) < 4.78 is 42.3. The number of benzene rings is 2. The number of anilines is 4. The summed E-state index contributed by atoms with van der Waals surface area (Å²) in [6.45, 7) is 4.82. The number of hydrogen-bond acceptors (Lipinski definition) is 5. The SMILES string of the molecule is CCCP(CCC)c1cccc(Nc2ncc(C(F)(F)F)c(Nc3ccc(C4CCCCC4)c4c3C(=O)N(C)C4)n2)c1. The van der Waals surface area contributed by atoms with Gasteiger partial charge in [-0.3, -0.25) is 4.79 Å². The molecule has 0 atom stereocenters. The number of amides is 1. The maximum absolute atomic E-state index is 14.1. The van der Waals surface area contributed by atoms with Crippen molar-refractivity contribution in [2.45, 2.75) is 77.4 Å². The summed E-state index contributed by atoms with van der Waals surface area (Å²) in [5.41, 5.74) is 2.57. The van der Waals surface area contributed by atoms with Gasteiger partial charge in [0.1, 0.15) is 11.4 Å². The zero-order valence-corrected chi connectivity index (χ0v) is 25.4. The fourth-order valence-electron chi connectivity index (χ4n) is 6.17. The molecule has 1 aliphatic heterocycles. The highest BCUT2D eigenvalue weighted by atomic mass is 31.1. The Bertz CT molecular complexity index is 1420. The largest absolute Gasteiger partial charge is 0.421 e. The van der Waals surface area contributed by atoms with Crippen LogP contribution in [0.2, 0.25) is 0 Å². The van der Waals surface area contributed by atoms with E-state index < -0.39 is 11.7 Å². The molecule has 1 fully saturated rings. The van der Waals surface area contributed by atoms with Crippen LogP contribution < -0.4 is 15.9 Å². The van der Waals surface area contributed by atoms with Gasteiger partial charge in [-0.25, -0.2) is 4.98 Å². The Morgan fingerprint density at radius 2 is 1.76 bits per heavy atom. The second kappa shape index (κ2) is 13.0. The third-order valence-electron chi connectivity index (χ3n) is 8.15. The number of nitrogens with zero attached hydrogens (tertiary/aromatic N) is 3. The third kappa shape index (κ3) is 6.56. The van der Waals surface area contributed by atoms with Crippen molar-refractivity contribution in [2.75, 3.05) is 30.0 Å². The molecule has 1 amide bonds. The lowest BCUT2D eigenvalue weighted by Gasteiger charge is -2.25. The van der Waals surface area contributed by atoms with Crippen molar-refractivity contribution in [3.63, 3.8) is 0 Å². The van der Waals surface area contributed by atoms with Gasteiger partial charge in [0.05, 0.1) is 11.3 Å². The molecule has 42 heavy (non-hydrogen) atoms. The Morgan fingerprint density at radius 1 is 1.02 bits per heavy atom. The van der Waals surface area contributed by atoms with Crippen LogP contribution in [0.1, 0.15) is 91.8 Å². The monoisotopic (exact) mass is 597 g/mol. The van der Waals surface area contributed by atoms with Crippen LogP contribution in [0.4, 0.5) is 36.3 Å². The second-order valence-electron chi connectivity index (χ2n) is 11.3. The minimum Gasteiger partial charge on any atom is -0.339 e. The molecule has 0 bridgehead atoms. The minimum absolute atomic E-state index is 0.0527. The summed E-state index contributed by atoms with van der Waals surface area (Å²) in [6, 6.07) is 11.7. The van der Waals surface area contributed by atoms with Gasteiger partial charge < -0.3 is 15.5 Å². The van der Waals surface area contributed by atoms with Crippen LogP contribution in [0.3, 0.4) is 0 Å². The van der Waals surface area contributed by atoms with Gasteiger partial charge in [-0.1, -0.05) is 72.1 Å². The molecule has 1 aromatic heterocycles. The fraction of sp³-hybridized carbons (Fsp3) is 0.469. The van der Waals surface area contributed by atoms with Crippen molar-refractivity contribution in [1.29, 1.82) is 0 Å². The topological polar surface area (TPSA) is 70.2 Å². The van der Waals surface area contributed by atoms with Gasteiger partial charge in [0.25, 0.3) is 5.91 Å². The van der Waals surface area contributed by atoms with Crippen LogP contribution >= 0.6 is 7.92 Å². The number of halogens is 3. The van der Waals surface area contributed by atoms with E-state index in [1.165, 1.54) is 11.7 Å². The number of carbonyl (C=O) groups excluding carboxylic acids is 1. The summed E-state index contributed by atoms with van der Waals surface area (Å²) in [4.78, 5) is 23.2. The Morgan fingerprint density at radius 3 is 2.45 bits per heavy atom. The van der Waals surface area contributed by atoms with Crippen LogP contribution in [0.5, 0.6) is 0 Å². The Balaban J connectivity index is 1.48. The lowest BCUT2D eigenvalue weighted by Crippen LogP contribution is -2.18. The van der Waals surface area contributed by atoms with Gasteiger partial charge in [-0.15, -0.1) is 0 Å². The zero-order chi connectivity index (χ0) is 29.9. The quantitative estimate of drug-likeness (QED) is 0.229. The van der Waals surface area contributed by atoms with Crippen LogP contribution in [0, 0.1) is 0 Å². The second-order valence-corrected chi connectivity index (χ2v) is 13.8. The van der Waals surface area contributed by atoms with Crippen molar-refractivity contribution >= 4 is 42.3 Å². The van der Waals surface area contributed by atoms with Gasteiger partial charge in [0.2, 0.25) is 5.95 Å². The zero-order valence-electron chi connectivity index (χ0n) is 24.5. The van der Waals surface area contributed by atoms with Crippen molar-refractivity contribution in [3.8, 4) is 0 Å². The van der Waals surface area contributed by atoms with Gasteiger partial charge in [-0.2, -0.15) is 18.2 Å². The number of rotatable bonds is 10. The van der Waals surface area contributed by atoms with E-state index >= 15 is 0 Å². The first-order valence-corrected chi connectivity index (χ1v) is 16.6. The molecule has 5 rings (SSSR count). The summed E-state index contributed by atoms with van der Waals surface area (Å²) in [6.07, 6.45) is 6.24. The maximum atomic E-state index is 14.1. The Labute approximate surface area is 247 Å². The third-order valence-corrected chi connectivity index (χ3v) is 11.1. The summed E-state index contributed by atoms with van der Waals surface area (Å²) in [5, 5.41) is 7.26. The molecule has 2 heterocycles. The fourth-order valence-corrected chi connectivity index (χ4v) is 8.61. The number of carbonyl (C=O) groups is 1. The number of nitrogens with one attached hydrogen (secondary N) is 2. The van der Waals surface area contributed by atoms with E-state index in [1.807, 2.05) is 18.2 Å². The van der Waals surface area contributed by atoms with Gasteiger partial charge >= 0.3 is 6.18 Å². The molecule has 6 nitrogen and oxygen atoms in total. The van der Waals surface area contributed by atoms with E-state index in [4.69, 9.17) is 0 Å². The number of alkyl halides is 3. The highest BCUT2D eigenvalue weighted by molar-refractivity contribution is 7.65. The lowest BCUT2D eigenvalue weighted by molar-refractivity contribution is -0.137. The maximum Gasteiger partial charge on any atom is 0.421 e. The summed E-state index contributed by atoms with van der Waals surface area (Å²) in [7, 11) is 1.42. The van der Waals surface area contributed by atoms with E-state index in [9.17, 15) is 18.0 Å². The Hall–Kier alpha value is -3.19. The number of hydrogen-bond donors (Lipinski definition) is 2. The van der Waals surface area contributed by atoms with Gasteiger partial charge in [0, 0.05) is 25.5 Å². The van der Waals surface area contributed by atoms with Crippen LogP contribution in [0.15, 0.2) is 42.6 Å². The molecule has 1 aliphatic carbocycles. The summed E-state index contributed by atoms with van der Waals surface area (Å²) >= 11 is 0. The van der Waals surface area contributed by atoms with E-state index in [0.717, 1.165) is 73.9 Å². The smallest absolute Gasteiger partial charge is 0.339 e. The van der Waals surface area contributed by atoms with Crippen LogP contribution in [0.25, 0.3) is 0 Å². The van der Waals surface area contributed by atoms with Gasteiger partial charge in [0.15, 0.2) is 0 Å². The molecular formula is C32H39F3N5OP. The molecule has 0 radical (unpaired) electrons. The first-order valence-electron chi connectivity index (χ1n) is 14.9. The molecule has 0 spiro atoms. The van der Waals surface area contributed by atoms with Crippen molar-refractivity contribution in [1.82, 2.24) is 14.9 Å². The molecule has 1 saturated carbocycles. The average molecular weight is 598 g/mol. The van der Waals surface area contributed by atoms with Gasteiger partial charge in [-0.05, 0) is 65.7 Å². The highest BCUT2D eigenvalue weighted by Gasteiger charge is 2.37. The minimum atomic E-state index is -4.68. The van der Waals surface area contributed by atoms with E-state index in [-0.39, 0.29) is 25.6 Å². The Kier molecular flexibility index (Phi) is 9.36. The number of fused-ring (bicyclic) bond motifs is 1. The molecule has 2 N–H and O–H groups in total. The molecule has 3 aromatic rings. The van der Waals surface area contributed by atoms with Crippen molar-refractivity contribution in [3.05, 3.63) is 64.8 Å². The molecule has 0 saturated heterocycles. The summed E-state index contributed by atoms with van der Waals surface area (Å²) in [5.74, 6) is -0.159.